The molecule has 0 fully saturated rings. The molecule has 0 aliphatic carbocycles. The number of nitrogens with one attached hydrogen (secondary N) is 1. The summed E-state index contributed by atoms with van der Waals surface area (Å²) < 4.78 is 0. The molecule has 19 heavy (non-hydrogen) atoms. The molecular weight excluding hydrogens is 262 g/mol. The molecule has 0 aromatic carbocycles. The molecule has 1 heterocycles. The molecule has 1 N–H and O–H groups in total. The second kappa shape index (κ2) is 7.34. The molecule has 0 radical (unpaired) electrons. The van der Waals surface area contributed by atoms with Crippen LogP contribution in [0.15, 0.2) is 12.3 Å². The zero-order chi connectivity index (χ0) is 14.4. The van der Waals surface area contributed by atoms with Crippen molar-refractivity contribution in [2.45, 2.75) is 27.2 Å². The predicted molar refractivity (Wildman–Crippen MR) is 79.8 cm³/mol. The molecule has 0 aliphatic rings. The number of halogens is 1. The van der Waals surface area contributed by atoms with Gasteiger partial charge in [0, 0.05) is 26.3 Å². The molecule has 0 unspecified atom stereocenters. The van der Waals surface area contributed by atoms with E-state index in [0.29, 0.717) is 22.3 Å². The lowest BCUT2D eigenvalue weighted by molar-refractivity contribution is 0.0789. The first-order valence-electron chi connectivity index (χ1n) is 6.60. The maximum atomic E-state index is 12.2. The van der Waals surface area contributed by atoms with Gasteiger partial charge in [0.25, 0.3) is 5.91 Å². The van der Waals surface area contributed by atoms with Gasteiger partial charge in [-0.15, -0.1) is 0 Å². The van der Waals surface area contributed by atoms with Gasteiger partial charge in [0.2, 0.25) is 0 Å². The smallest absolute Gasteiger partial charge is 0.255 e. The highest BCUT2D eigenvalue weighted by Crippen LogP contribution is 2.20. The van der Waals surface area contributed by atoms with Crippen LogP contribution in [0, 0.1) is 5.92 Å². The summed E-state index contributed by atoms with van der Waals surface area (Å²) in [4.78, 5) is 18.1. The van der Waals surface area contributed by atoms with Crippen LogP contribution in [0.3, 0.4) is 0 Å². The van der Waals surface area contributed by atoms with E-state index in [1.807, 2.05) is 6.92 Å². The van der Waals surface area contributed by atoms with Gasteiger partial charge in [-0.2, -0.15) is 0 Å². The van der Waals surface area contributed by atoms with E-state index in [4.69, 9.17) is 11.6 Å². The molecule has 0 atom stereocenters. The van der Waals surface area contributed by atoms with E-state index >= 15 is 0 Å². The maximum Gasteiger partial charge on any atom is 0.255 e. The third-order valence-electron chi connectivity index (χ3n) is 2.82. The number of pyridine rings is 1. The molecule has 1 rings (SSSR count). The monoisotopic (exact) mass is 283 g/mol. The van der Waals surface area contributed by atoms with E-state index < -0.39 is 0 Å². The molecule has 1 aromatic heterocycles. The summed E-state index contributed by atoms with van der Waals surface area (Å²) in [5.41, 5.74) is 0.526. The van der Waals surface area contributed by atoms with Crippen molar-refractivity contribution in [1.82, 2.24) is 9.88 Å². The van der Waals surface area contributed by atoms with Crippen molar-refractivity contribution in [3.8, 4) is 0 Å². The van der Waals surface area contributed by atoms with E-state index in [0.717, 1.165) is 19.5 Å². The molecule has 0 saturated heterocycles. The Bertz CT molecular complexity index is 435. The Balaban J connectivity index is 2.74. The second-order valence-electron chi connectivity index (χ2n) is 4.99. The van der Waals surface area contributed by atoms with E-state index in [1.54, 1.807) is 24.2 Å². The molecule has 1 amide bonds. The van der Waals surface area contributed by atoms with Crippen LogP contribution in [-0.2, 0) is 0 Å². The van der Waals surface area contributed by atoms with Crippen LogP contribution < -0.4 is 5.32 Å². The van der Waals surface area contributed by atoms with Gasteiger partial charge >= 0.3 is 0 Å². The lowest BCUT2D eigenvalue weighted by atomic mass is 10.1. The lowest BCUT2D eigenvalue weighted by Gasteiger charge is -2.18. The van der Waals surface area contributed by atoms with Gasteiger partial charge in [-0.1, -0.05) is 25.4 Å². The van der Waals surface area contributed by atoms with Crippen molar-refractivity contribution in [3.05, 3.63) is 22.8 Å². The second-order valence-corrected chi connectivity index (χ2v) is 5.40. The number of hydrogen-bond acceptors (Lipinski definition) is 3. The minimum Gasteiger partial charge on any atom is -0.369 e. The highest BCUT2D eigenvalue weighted by molar-refractivity contribution is 6.33. The molecule has 0 saturated carbocycles. The first-order valence-corrected chi connectivity index (χ1v) is 6.98. The number of carbonyl (C=O) groups excluding carboxylic acids is 1. The SMILES string of the molecule is CCNc1ncc(C(=O)N(C)CCC(C)C)cc1Cl. The first kappa shape index (κ1) is 15.8. The van der Waals surface area contributed by atoms with E-state index in [1.165, 1.54) is 0 Å². The zero-order valence-electron chi connectivity index (χ0n) is 12.0. The molecule has 0 aliphatic heterocycles. The Kier molecular flexibility index (Phi) is 6.09. The molecule has 4 nitrogen and oxygen atoms in total. The summed E-state index contributed by atoms with van der Waals surface area (Å²) in [5, 5.41) is 3.52. The van der Waals surface area contributed by atoms with Crippen LogP contribution in [-0.4, -0.2) is 35.9 Å². The quantitative estimate of drug-likeness (QED) is 0.871. The summed E-state index contributed by atoms with van der Waals surface area (Å²) in [6.45, 7) is 7.73. The fraction of sp³-hybridized carbons (Fsp3) is 0.571. The van der Waals surface area contributed by atoms with E-state index in [-0.39, 0.29) is 5.91 Å². The lowest BCUT2D eigenvalue weighted by Crippen LogP contribution is -2.28. The van der Waals surface area contributed by atoms with Crippen LogP contribution in [0.25, 0.3) is 0 Å². The Morgan fingerprint density at radius 2 is 2.21 bits per heavy atom. The Hall–Kier alpha value is -1.29. The molecule has 5 heteroatoms. The molecule has 106 valence electrons. The minimum absolute atomic E-state index is 0.0434. The summed E-state index contributed by atoms with van der Waals surface area (Å²) in [6.07, 6.45) is 2.55. The number of carbonyl (C=O) groups is 1. The number of anilines is 1. The number of nitrogens with zero attached hydrogens (tertiary/aromatic N) is 2. The van der Waals surface area contributed by atoms with Crippen LogP contribution in [0.2, 0.25) is 5.02 Å². The van der Waals surface area contributed by atoms with Gasteiger partial charge in [-0.3, -0.25) is 4.79 Å². The average Bonchev–Trinajstić information content (AvgIpc) is 2.37. The fourth-order valence-electron chi connectivity index (χ4n) is 1.63. The predicted octanol–water partition coefficient (Wildman–Crippen LogP) is 3.28. The van der Waals surface area contributed by atoms with E-state index in [2.05, 4.69) is 24.1 Å². The maximum absolute atomic E-state index is 12.2. The normalized spacial score (nSPS) is 10.6. The number of aromatic nitrogens is 1. The van der Waals surface area contributed by atoms with Crippen LogP contribution >= 0.6 is 11.6 Å². The third-order valence-corrected chi connectivity index (χ3v) is 3.11. The molecule has 0 spiro atoms. The van der Waals surface area contributed by atoms with Gasteiger partial charge in [-0.25, -0.2) is 4.98 Å². The van der Waals surface area contributed by atoms with Gasteiger partial charge in [0.05, 0.1) is 10.6 Å². The van der Waals surface area contributed by atoms with Gasteiger partial charge in [-0.05, 0) is 25.3 Å². The molecular formula is C14H22ClN3O. The first-order chi connectivity index (χ1) is 8.95. The standard InChI is InChI=1S/C14H22ClN3O/c1-5-16-13-12(15)8-11(9-17-13)14(19)18(4)7-6-10(2)3/h8-10H,5-7H2,1-4H3,(H,16,17). The van der Waals surface area contributed by atoms with Crippen molar-refractivity contribution in [2.24, 2.45) is 5.92 Å². The number of rotatable bonds is 6. The van der Waals surface area contributed by atoms with Crippen molar-refractivity contribution < 1.29 is 4.79 Å². The van der Waals surface area contributed by atoms with Gasteiger partial charge in [0.15, 0.2) is 0 Å². The summed E-state index contributed by atoms with van der Waals surface area (Å²) in [7, 11) is 1.80. The van der Waals surface area contributed by atoms with Gasteiger partial charge < -0.3 is 10.2 Å². The Morgan fingerprint density at radius 1 is 1.53 bits per heavy atom. The summed E-state index contributed by atoms with van der Waals surface area (Å²) in [6, 6.07) is 1.67. The molecule has 0 bridgehead atoms. The van der Waals surface area contributed by atoms with Crippen molar-refractivity contribution in [3.63, 3.8) is 0 Å². The Morgan fingerprint density at radius 3 is 2.74 bits per heavy atom. The highest BCUT2D eigenvalue weighted by Gasteiger charge is 2.14. The van der Waals surface area contributed by atoms with Crippen LogP contribution in [0.1, 0.15) is 37.6 Å². The van der Waals surface area contributed by atoms with Crippen molar-refractivity contribution in [2.75, 3.05) is 25.5 Å². The van der Waals surface area contributed by atoms with Crippen LogP contribution in [0.4, 0.5) is 5.82 Å². The average molecular weight is 284 g/mol. The van der Waals surface area contributed by atoms with Crippen LogP contribution in [0.5, 0.6) is 0 Å². The summed E-state index contributed by atoms with van der Waals surface area (Å²) >= 11 is 6.09. The summed E-state index contributed by atoms with van der Waals surface area (Å²) in [5.74, 6) is 1.15. The fourth-order valence-corrected chi connectivity index (χ4v) is 1.86. The number of amides is 1. The largest absolute Gasteiger partial charge is 0.369 e. The zero-order valence-corrected chi connectivity index (χ0v) is 12.8. The van der Waals surface area contributed by atoms with E-state index in [9.17, 15) is 4.79 Å². The highest BCUT2D eigenvalue weighted by atomic mass is 35.5. The van der Waals surface area contributed by atoms with Crippen molar-refractivity contribution in [1.29, 1.82) is 0 Å². The third kappa shape index (κ3) is 4.71. The number of hydrogen-bond donors (Lipinski definition) is 1. The van der Waals surface area contributed by atoms with Crippen molar-refractivity contribution >= 4 is 23.3 Å². The molecule has 1 aromatic rings. The Labute approximate surface area is 120 Å². The minimum atomic E-state index is -0.0434. The van der Waals surface area contributed by atoms with Gasteiger partial charge in [0.1, 0.15) is 5.82 Å². The topological polar surface area (TPSA) is 45.2 Å².